The number of ketones is 1. The highest BCUT2D eigenvalue weighted by atomic mass is 127. The van der Waals surface area contributed by atoms with Gasteiger partial charge in [-0.1, -0.05) is 56.0 Å². The van der Waals surface area contributed by atoms with E-state index in [9.17, 15) is 19.8 Å². The molecular formula is C38H43IO9. The van der Waals surface area contributed by atoms with E-state index >= 15 is 0 Å². The van der Waals surface area contributed by atoms with Crippen LogP contribution in [0.15, 0.2) is 77.9 Å². The van der Waals surface area contributed by atoms with E-state index in [0.717, 1.165) is 16.7 Å². The number of esters is 1. The van der Waals surface area contributed by atoms with Crippen LogP contribution in [0.1, 0.15) is 51.2 Å². The first kappa shape index (κ1) is 34.8. The molecule has 2 N–H and O–H groups in total. The van der Waals surface area contributed by atoms with Gasteiger partial charge in [0.15, 0.2) is 17.3 Å². The van der Waals surface area contributed by atoms with Crippen molar-refractivity contribution in [2.45, 2.75) is 76.0 Å². The Morgan fingerprint density at radius 1 is 1.15 bits per heavy atom. The number of hydrogen-bond donors (Lipinski definition) is 2. The number of phenolic OH excluding ortho intramolecular Hbond substituents is 1. The molecule has 0 bridgehead atoms. The number of halogens is 1. The van der Waals surface area contributed by atoms with E-state index in [0.29, 0.717) is 33.3 Å². The maximum absolute atomic E-state index is 13.8. The maximum atomic E-state index is 13.8. The summed E-state index contributed by atoms with van der Waals surface area (Å²) in [5.41, 5.74) is 0.0756. The topological polar surface area (TPSA) is 121 Å². The lowest BCUT2D eigenvalue weighted by Gasteiger charge is -2.58. The summed E-state index contributed by atoms with van der Waals surface area (Å²) in [7, 11) is 1.48. The van der Waals surface area contributed by atoms with Crippen molar-refractivity contribution in [3.05, 3.63) is 92.6 Å². The Balaban J connectivity index is 1.34. The van der Waals surface area contributed by atoms with E-state index in [1.807, 2.05) is 72.0 Å². The number of carbonyl (C=O) groups excluding carboxylic acids is 2. The lowest BCUT2D eigenvalue weighted by molar-refractivity contribution is -0.228. The molecule has 0 amide bonds. The van der Waals surface area contributed by atoms with Crippen LogP contribution in [0.4, 0.5) is 0 Å². The number of phenols is 1. The third kappa shape index (κ3) is 5.83. The Labute approximate surface area is 295 Å². The minimum Gasteiger partial charge on any atom is -0.504 e. The van der Waals surface area contributed by atoms with Crippen molar-refractivity contribution in [3.8, 4) is 11.5 Å². The van der Waals surface area contributed by atoms with Crippen molar-refractivity contribution in [2.75, 3.05) is 20.5 Å². The number of benzene rings is 2. The van der Waals surface area contributed by atoms with Crippen LogP contribution in [0.3, 0.4) is 0 Å². The van der Waals surface area contributed by atoms with Crippen LogP contribution in [0.5, 0.6) is 11.5 Å². The number of aliphatic hydroxyl groups is 1. The highest BCUT2D eigenvalue weighted by molar-refractivity contribution is 14.1. The van der Waals surface area contributed by atoms with Crippen LogP contribution in [-0.4, -0.2) is 65.4 Å². The molecule has 256 valence electrons. The first-order valence-corrected chi connectivity index (χ1v) is 17.4. The van der Waals surface area contributed by atoms with E-state index in [2.05, 4.69) is 13.5 Å². The predicted molar refractivity (Wildman–Crippen MR) is 186 cm³/mol. The van der Waals surface area contributed by atoms with Gasteiger partial charge in [0.1, 0.15) is 30.7 Å². The average Bonchev–Trinajstić information content (AvgIpc) is 3.56. The van der Waals surface area contributed by atoms with Gasteiger partial charge in [-0.2, -0.15) is 0 Å². The van der Waals surface area contributed by atoms with E-state index in [1.165, 1.54) is 7.11 Å². The Morgan fingerprint density at radius 2 is 1.90 bits per heavy atom. The van der Waals surface area contributed by atoms with Crippen LogP contribution in [0.2, 0.25) is 0 Å². The van der Waals surface area contributed by atoms with Gasteiger partial charge in [0.25, 0.3) is 0 Å². The number of Topliss-reactive ketones (excluding diaryl/α,β-unsaturated/α-hetero) is 1. The maximum Gasteiger partial charge on any atom is 0.306 e. The van der Waals surface area contributed by atoms with Gasteiger partial charge in [-0.3, -0.25) is 9.59 Å². The monoisotopic (exact) mass is 770 g/mol. The summed E-state index contributed by atoms with van der Waals surface area (Å²) in [5.74, 6) is -1.75. The van der Waals surface area contributed by atoms with Crippen molar-refractivity contribution < 1.29 is 43.5 Å². The van der Waals surface area contributed by atoms with Crippen molar-refractivity contribution in [3.63, 3.8) is 0 Å². The summed E-state index contributed by atoms with van der Waals surface area (Å²) < 4.78 is 31.5. The van der Waals surface area contributed by atoms with Crippen molar-refractivity contribution in [2.24, 2.45) is 17.8 Å². The molecule has 7 atom stereocenters. The normalized spacial score (nSPS) is 32.3. The molecule has 2 aromatic carbocycles. The Hall–Kier alpha value is -3.03. The highest BCUT2D eigenvalue weighted by Gasteiger charge is 2.70. The fourth-order valence-electron chi connectivity index (χ4n) is 8.38. The Kier molecular flexibility index (Phi) is 9.69. The van der Waals surface area contributed by atoms with Crippen molar-refractivity contribution >= 4 is 34.3 Å². The first-order valence-electron chi connectivity index (χ1n) is 16.3. The summed E-state index contributed by atoms with van der Waals surface area (Å²) in [6.45, 7) is 10.3. The molecule has 0 spiro atoms. The van der Waals surface area contributed by atoms with Crippen LogP contribution >= 0.6 is 22.6 Å². The van der Waals surface area contributed by atoms with Crippen molar-refractivity contribution in [1.82, 2.24) is 0 Å². The minimum atomic E-state index is -1.80. The molecule has 0 unspecified atom stereocenters. The predicted octanol–water partition coefficient (Wildman–Crippen LogP) is 5.99. The van der Waals surface area contributed by atoms with E-state index < -0.39 is 40.7 Å². The smallest absolute Gasteiger partial charge is 0.306 e. The molecular weight excluding hydrogens is 727 g/mol. The number of carbonyl (C=O) groups is 2. The second kappa shape index (κ2) is 13.4. The van der Waals surface area contributed by atoms with Crippen LogP contribution in [0, 0.1) is 21.3 Å². The van der Waals surface area contributed by atoms with Gasteiger partial charge in [-0.15, -0.1) is 0 Å². The standard InChI is InChI=1S/C38H43IO9/c1-22(2)37-17-24(4)38(47-20-25-9-7-6-8-10-25)28(35(37)46-21-48-37)14-27(18-36(43)31(38)13-23(3)34(36)42)19-45-32(40)12-11-26-15-29(39)33(41)30(16-26)44-5/h6-10,13-16,24,28,31,35,41,43H,1,11-12,17-21H2,2-5H3/t24-,28+,31-,35-,36-,37-,38-/m1/s1. The second-order valence-corrected chi connectivity index (χ2v) is 14.8. The third-order valence-corrected chi connectivity index (χ3v) is 11.6. The largest absolute Gasteiger partial charge is 0.504 e. The number of aryl methyl sites for hydroxylation is 1. The molecule has 6 rings (SSSR count). The van der Waals surface area contributed by atoms with Crippen molar-refractivity contribution in [1.29, 1.82) is 0 Å². The molecule has 2 fully saturated rings. The second-order valence-electron chi connectivity index (χ2n) is 13.6. The molecule has 9 nitrogen and oxygen atoms in total. The summed E-state index contributed by atoms with van der Waals surface area (Å²) in [5, 5.41) is 22.6. The van der Waals surface area contributed by atoms with Gasteiger partial charge in [0.2, 0.25) is 0 Å². The SMILES string of the molecule is C=C(C)[C@]12C[C@@H](C)[C@@]3(OCc4ccccc4)[C@@H](C=C(COC(=O)CCc4cc(I)c(O)c(OC)c4)C[C@]4(O)C(=O)C(C)=C[C@@H]34)[C@H]1OCO2. The zero-order valence-corrected chi connectivity index (χ0v) is 30.0. The molecule has 1 heterocycles. The summed E-state index contributed by atoms with van der Waals surface area (Å²) in [4.78, 5) is 27.0. The summed E-state index contributed by atoms with van der Waals surface area (Å²) in [6, 6.07) is 13.3. The Bertz CT molecular complexity index is 1670. The zero-order chi connectivity index (χ0) is 34.4. The third-order valence-electron chi connectivity index (χ3n) is 10.7. The molecule has 10 heteroatoms. The number of methoxy groups -OCH3 is 1. The zero-order valence-electron chi connectivity index (χ0n) is 27.8. The highest BCUT2D eigenvalue weighted by Crippen LogP contribution is 2.61. The van der Waals surface area contributed by atoms with E-state index in [-0.39, 0.29) is 50.3 Å². The first-order chi connectivity index (χ1) is 22.9. The fraction of sp³-hybridized carbons (Fsp3) is 0.474. The molecule has 48 heavy (non-hydrogen) atoms. The number of rotatable bonds is 10. The summed E-state index contributed by atoms with van der Waals surface area (Å²) >= 11 is 2.02. The fourth-order valence-corrected chi connectivity index (χ4v) is 9.04. The van der Waals surface area contributed by atoms with E-state index in [4.69, 9.17) is 23.7 Å². The van der Waals surface area contributed by atoms with Crippen LogP contribution in [-0.2, 0) is 41.6 Å². The molecule has 0 aromatic heterocycles. The molecule has 3 aliphatic carbocycles. The lowest BCUT2D eigenvalue weighted by atomic mass is 9.55. The van der Waals surface area contributed by atoms with E-state index in [1.54, 1.807) is 19.1 Å². The number of aromatic hydroxyl groups is 1. The molecule has 1 saturated heterocycles. The molecule has 2 aromatic rings. The average molecular weight is 771 g/mol. The van der Waals surface area contributed by atoms with Crippen LogP contribution < -0.4 is 4.74 Å². The van der Waals surface area contributed by atoms with Gasteiger partial charge >= 0.3 is 5.97 Å². The quantitative estimate of drug-likeness (QED) is 0.171. The van der Waals surface area contributed by atoms with Gasteiger partial charge in [0.05, 0.1) is 22.9 Å². The van der Waals surface area contributed by atoms with Gasteiger partial charge in [0, 0.05) is 24.7 Å². The Morgan fingerprint density at radius 3 is 2.60 bits per heavy atom. The lowest BCUT2D eigenvalue weighted by Crippen LogP contribution is -2.68. The molecule has 4 aliphatic rings. The number of fused-ring (bicyclic) bond motifs is 5. The summed E-state index contributed by atoms with van der Waals surface area (Å²) in [6.07, 6.45) is 4.35. The van der Waals surface area contributed by atoms with Gasteiger partial charge in [-0.05, 0) is 95.2 Å². The number of hydrogen-bond acceptors (Lipinski definition) is 9. The molecule has 1 saturated carbocycles. The molecule has 1 aliphatic heterocycles. The van der Waals surface area contributed by atoms with Gasteiger partial charge in [-0.25, -0.2) is 0 Å². The van der Waals surface area contributed by atoms with Gasteiger partial charge < -0.3 is 33.9 Å². The minimum absolute atomic E-state index is 0.0156. The molecule has 0 radical (unpaired) electrons. The van der Waals surface area contributed by atoms with Crippen LogP contribution in [0.25, 0.3) is 0 Å². The number of ether oxygens (including phenoxy) is 5.